The fourth-order valence-corrected chi connectivity index (χ4v) is 0.721. The van der Waals surface area contributed by atoms with Crippen LogP contribution in [0.5, 0.6) is 0 Å². The minimum Gasteiger partial charge on any atom is -0.396 e. The SMILES string of the molecule is O=CCC(O)CCCCO. The molecule has 3 heteroatoms. The molecule has 1 unspecified atom stereocenters. The molecule has 0 aliphatic carbocycles. The molecule has 10 heavy (non-hydrogen) atoms. The van der Waals surface area contributed by atoms with Gasteiger partial charge in [-0.1, -0.05) is 0 Å². The fraction of sp³-hybridized carbons (Fsp3) is 0.857. The molecule has 0 aliphatic rings. The van der Waals surface area contributed by atoms with E-state index in [4.69, 9.17) is 10.2 Å². The van der Waals surface area contributed by atoms with Crippen molar-refractivity contribution in [3.05, 3.63) is 0 Å². The van der Waals surface area contributed by atoms with E-state index in [1.54, 1.807) is 0 Å². The van der Waals surface area contributed by atoms with E-state index in [-0.39, 0.29) is 13.0 Å². The van der Waals surface area contributed by atoms with Crippen LogP contribution in [0.4, 0.5) is 0 Å². The van der Waals surface area contributed by atoms with E-state index < -0.39 is 6.10 Å². The van der Waals surface area contributed by atoms with Gasteiger partial charge in [0.25, 0.3) is 0 Å². The average Bonchev–Trinajstić information content (AvgIpc) is 1.89. The summed E-state index contributed by atoms with van der Waals surface area (Å²) in [4.78, 5) is 9.84. The second-order valence-corrected chi connectivity index (χ2v) is 2.28. The summed E-state index contributed by atoms with van der Waals surface area (Å²) in [5, 5.41) is 17.3. The number of aliphatic hydroxyl groups is 2. The van der Waals surface area contributed by atoms with Gasteiger partial charge in [0.15, 0.2) is 0 Å². The Balaban J connectivity index is 3.04. The number of unbranched alkanes of at least 4 members (excludes halogenated alkanes) is 1. The molecule has 0 fully saturated rings. The molecule has 0 aromatic rings. The molecule has 0 rings (SSSR count). The van der Waals surface area contributed by atoms with Crippen LogP contribution in [-0.4, -0.2) is 29.2 Å². The third-order valence-corrected chi connectivity index (χ3v) is 1.31. The van der Waals surface area contributed by atoms with Crippen molar-refractivity contribution < 1.29 is 15.0 Å². The van der Waals surface area contributed by atoms with E-state index in [0.29, 0.717) is 19.1 Å². The number of hydrogen-bond acceptors (Lipinski definition) is 3. The predicted octanol–water partition coefficient (Wildman–Crippen LogP) is 0.0989. The second kappa shape index (κ2) is 6.71. The van der Waals surface area contributed by atoms with Gasteiger partial charge in [0.05, 0.1) is 6.10 Å². The van der Waals surface area contributed by atoms with Gasteiger partial charge in [0, 0.05) is 13.0 Å². The summed E-state index contributed by atoms with van der Waals surface area (Å²) in [5.74, 6) is 0. The Hall–Kier alpha value is -0.410. The molecule has 3 nitrogen and oxygen atoms in total. The van der Waals surface area contributed by atoms with Crippen molar-refractivity contribution in [3.63, 3.8) is 0 Å². The summed E-state index contributed by atoms with van der Waals surface area (Å²) >= 11 is 0. The lowest BCUT2D eigenvalue weighted by Gasteiger charge is -2.03. The molecule has 0 aromatic carbocycles. The standard InChI is InChI=1S/C7H14O3/c8-5-2-1-3-7(10)4-6-9/h6-8,10H,1-5H2. The molecular weight excluding hydrogens is 132 g/mol. The van der Waals surface area contributed by atoms with E-state index in [2.05, 4.69) is 0 Å². The maximum Gasteiger partial charge on any atom is 0.122 e. The van der Waals surface area contributed by atoms with Crippen molar-refractivity contribution in [1.82, 2.24) is 0 Å². The van der Waals surface area contributed by atoms with Crippen LogP contribution in [0.25, 0.3) is 0 Å². The topological polar surface area (TPSA) is 57.5 Å². The minimum atomic E-state index is -0.510. The minimum absolute atomic E-state index is 0.161. The molecule has 2 N–H and O–H groups in total. The molecule has 0 radical (unpaired) electrons. The number of aliphatic hydroxyl groups excluding tert-OH is 2. The highest BCUT2D eigenvalue weighted by Crippen LogP contribution is 2.01. The van der Waals surface area contributed by atoms with Crippen molar-refractivity contribution in [3.8, 4) is 0 Å². The number of carbonyl (C=O) groups excluding carboxylic acids is 1. The molecular formula is C7H14O3. The lowest BCUT2D eigenvalue weighted by Crippen LogP contribution is -2.06. The Morgan fingerprint density at radius 3 is 2.60 bits per heavy atom. The van der Waals surface area contributed by atoms with Gasteiger partial charge in [-0.2, -0.15) is 0 Å². The number of rotatable bonds is 6. The van der Waals surface area contributed by atoms with Gasteiger partial charge in [-0.3, -0.25) is 0 Å². The van der Waals surface area contributed by atoms with Crippen molar-refractivity contribution in [2.24, 2.45) is 0 Å². The number of hydrogen-bond donors (Lipinski definition) is 2. The first kappa shape index (κ1) is 9.59. The lowest BCUT2D eigenvalue weighted by atomic mass is 10.1. The largest absolute Gasteiger partial charge is 0.396 e. The second-order valence-electron chi connectivity index (χ2n) is 2.28. The molecule has 0 aliphatic heterocycles. The first-order valence-electron chi connectivity index (χ1n) is 3.53. The number of aldehydes is 1. The van der Waals surface area contributed by atoms with Crippen LogP contribution in [0.2, 0.25) is 0 Å². The van der Waals surface area contributed by atoms with Crippen molar-refractivity contribution >= 4 is 6.29 Å². The Morgan fingerprint density at radius 2 is 2.10 bits per heavy atom. The molecule has 0 bridgehead atoms. The van der Waals surface area contributed by atoms with E-state index in [0.717, 1.165) is 6.42 Å². The van der Waals surface area contributed by atoms with Gasteiger partial charge < -0.3 is 15.0 Å². The zero-order chi connectivity index (χ0) is 7.82. The zero-order valence-corrected chi connectivity index (χ0v) is 5.99. The fourth-order valence-electron chi connectivity index (χ4n) is 0.721. The Kier molecular flexibility index (Phi) is 6.43. The Labute approximate surface area is 60.7 Å². The highest BCUT2D eigenvalue weighted by molar-refractivity contribution is 5.49. The van der Waals surface area contributed by atoms with Crippen LogP contribution >= 0.6 is 0 Å². The van der Waals surface area contributed by atoms with Crippen LogP contribution in [0.3, 0.4) is 0 Å². The van der Waals surface area contributed by atoms with Gasteiger partial charge in [-0.15, -0.1) is 0 Å². The van der Waals surface area contributed by atoms with Crippen LogP contribution in [-0.2, 0) is 4.79 Å². The molecule has 0 aromatic heterocycles. The van der Waals surface area contributed by atoms with E-state index >= 15 is 0 Å². The van der Waals surface area contributed by atoms with Crippen molar-refractivity contribution in [1.29, 1.82) is 0 Å². The Morgan fingerprint density at radius 1 is 1.40 bits per heavy atom. The summed E-state index contributed by atoms with van der Waals surface area (Å²) in [7, 11) is 0. The maximum atomic E-state index is 9.84. The lowest BCUT2D eigenvalue weighted by molar-refractivity contribution is -0.109. The van der Waals surface area contributed by atoms with Crippen LogP contribution in [0.15, 0.2) is 0 Å². The van der Waals surface area contributed by atoms with Gasteiger partial charge in [0.2, 0.25) is 0 Å². The average molecular weight is 146 g/mol. The van der Waals surface area contributed by atoms with Crippen LogP contribution in [0, 0.1) is 0 Å². The first-order valence-corrected chi connectivity index (χ1v) is 3.53. The van der Waals surface area contributed by atoms with E-state index in [1.165, 1.54) is 0 Å². The summed E-state index contributed by atoms with van der Waals surface area (Å²) in [6.07, 6.45) is 2.51. The smallest absolute Gasteiger partial charge is 0.122 e. The van der Waals surface area contributed by atoms with Gasteiger partial charge in [-0.05, 0) is 19.3 Å². The van der Waals surface area contributed by atoms with Gasteiger partial charge in [-0.25, -0.2) is 0 Å². The molecule has 0 amide bonds. The highest BCUT2D eigenvalue weighted by atomic mass is 16.3. The molecule has 0 spiro atoms. The van der Waals surface area contributed by atoms with Crippen LogP contribution < -0.4 is 0 Å². The molecule has 1 atom stereocenters. The molecule has 60 valence electrons. The predicted molar refractivity (Wildman–Crippen MR) is 37.6 cm³/mol. The van der Waals surface area contributed by atoms with Gasteiger partial charge in [0.1, 0.15) is 6.29 Å². The van der Waals surface area contributed by atoms with Gasteiger partial charge >= 0.3 is 0 Å². The highest BCUT2D eigenvalue weighted by Gasteiger charge is 2.00. The Bertz CT molecular complexity index is 82.9. The molecule has 0 saturated carbocycles. The van der Waals surface area contributed by atoms with Crippen LogP contribution in [0.1, 0.15) is 25.7 Å². The third kappa shape index (κ3) is 5.72. The van der Waals surface area contributed by atoms with Crippen molar-refractivity contribution in [2.75, 3.05) is 6.61 Å². The molecule has 0 heterocycles. The third-order valence-electron chi connectivity index (χ3n) is 1.31. The monoisotopic (exact) mass is 146 g/mol. The van der Waals surface area contributed by atoms with E-state index in [9.17, 15) is 4.79 Å². The normalized spacial score (nSPS) is 13.0. The quantitative estimate of drug-likeness (QED) is 0.412. The zero-order valence-electron chi connectivity index (χ0n) is 5.99. The van der Waals surface area contributed by atoms with Crippen molar-refractivity contribution in [2.45, 2.75) is 31.8 Å². The molecule has 0 saturated heterocycles. The maximum absolute atomic E-state index is 9.84. The number of carbonyl (C=O) groups is 1. The summed E-state index contributed by atoms with van der Waals surface area (Å²) in [6, 6.07) is 0. The van der Waals surface area contributed by atoms with E-state index in [1.807, 2.05) is 0 Å². The summed E-state index contributed by atoms with van der Waals surface area (Å²) in [5.41, 5.74) is 0. The first-order chi connectivity index (χ1) is 4.81. The summed E-state index contributed by atoms with van der Waals surface area (Å²) < 4.78 is 0. The summed E-state index contributed by atoms with van der Waals surface area (Å²) in [6.45, 7) is 0.161.